The lowest BCUT2D eigenvalue weighted by molar-refractivity contribution is 0.471. The maximum atomic E-state index is 9.43. The molecule has 0 heterocycles. The number of phenols is 1. The lowest BCUT2D eigenvalue weighted by Gasteiger charge is -2.05. The minimum Gasteiger partial charge on any atom is -0.508 e. The molecule has 80 valence electrons. The molecular formula is C10H7ClN4O. The number of aryl methyl sites for hydroxylation is 1. The Morgan fingerprint density at radius 1 is 1.44 bits per heavy atom. The molecule has 16 heavy (non-hydrogen) atoms. The normalized spacial score (nSPS) is 8.75. The molecule has 1 aromatic rings. The number of rotatable bonds is 2. The first-order valence-corrected chi connectivity index (χ1v) is 4.59. The van der Waals surface area contributed by atoms with Gasteiger partial charge in [0.15, 0.2) is 0 Å². The summed E-state index contributed by atoms with van der Waals surface area (Å²) in [7, 11) is 0. The molecule has 0 amide bonds. The Morgan fingerprint density at radius 2 is 2.06 bits per heavy atom. The van der Waals surface area contributed by atoms with Gasteiger partial charge in [0.05, 0.1) is 10.7 Å². The summed E-state index contributed by atoms with van der Waals surface area (Å²) in [6.45, 7) is 1.70. The fourth-order valence-electron chi connectivity index (χ4n) is 0.938. The lowest BCUT2D eigenvalue weighted by atomic mass is 10.2. The van der Waals surface area contributed by atoms with E-state index in [1.54, 1.807) is 25.1 Å². The Morgan fingerprint density at radius 3 is 2.62 bits per heavy atom. The number of benzene rings is 1. The van der Waals surface area contributed by atoms with E-state index in [0.29, 0.717) is 16.3 Å². The maximum absolute atomic E-state index is 9.43. The van der Waals surface area contributed by atoms with E-state index in [9.17, 15) is 5.11 Å². The SMILES string of the molecule is Cc1cc(Cl)c(NN=C(C#N)C#N)cc1O. The van der Waals surface area contributed by atoms with Crippen molar-refractivity contribution < 1.29 is 5.11 Å². The molecule has 1 rings (SSSR count). The number of phenolic OH excluding ortho intramolecular Hbond substituents is 1. The van der Waals surface area contributed by atoms with Crippen LogP contribution in [0.1, 0.15) is 5.56 Å². The van der Waals surface area contributed by atoms with Crippen molar-refractivity contribution in [3.05, 3.63) is 22.7 Å². The molecule has 0 aliphatic heterocycles. The predicted molar refractivity (Wildman–Crippen MR) is 60.1 cm³/mol. The lowest BCUT2D eigenvalue weighted by Crippen LogP contribution is -1.97. The van der Waals surface area contributed by atoms with Gasteiger partial charge >= 0.3 is 0 Å². The van der Waals surface area contributed by atoms with Crippen LogP contribution >= 0.6 is 11.6 Å². The van der Waals surface area contributed by atoms with E-state index in [1.807, 2.05) is 0 Å². The van der Waals surface area contributed by atoms with Crippen LogP contribution in [0.15, 0.2) is 17.2 Å². The van der Waals surface area contributed by atoms with Crippen LogP contribution in [0.25, 0.3) is 0 Å². The zero-order valence-electron chi connectivity index (χ0n) is 8.32. The van der Waals surface area contributed by atoms with E-state index in [0.717, 1.165) is 0 Å². The predicted octanol–water partition coefficient (Wildman–Crippen LogP) is 2.17. The third-order valence-electron chi connectivity index (χ3n) is 1.79. The fourth-order valence-corrected chi connectivity index (χ4v) is 1.20. The maximum Gasteiger partial charge on any atom is 0.237 e. The zero-order valence-corrected chi connectivity index (χ0v) is 9.08. The molecular weight excluding hydrogens is 228 g/mol. The van der Waals surface area contributed by atoms with Gasteiger partial charge in [-0.2, -0.15) is 15.6 Å². The van der Waals surface area contributed by atoms with E-state index in [2.05, 4.69) is 10.5 Å². The summed E-state index contributed by atoms with van der Waals surface area (Å²) in [5.41, 5.74) is 3.06. The van der Waals surface area contributed by atoms with Crippen molar-refractivity contribution >= 4 is 23.0 Å². The molecule has 0 aromatic heterocycles. The Kier molecular flexibility index (Phi) is 3.71. The molecule has 0 saturated heterocycles. The quantitative estimate of drug-likeness (QED) is 0.606. The summed E-state index contributed by atoms with van der Waals surface area (Å²) in [5.74, 6) is 0.0533. The Bertz CT molecular complexity index is 509. The standard InChI is InChI=1S/C10H7ClN4O/c1-6-2-8(11)9(3-10(6)16)15-14-7(4-12)5-13/h2-3,15-16H,1H3. The summed E-state index contributed by atoms with van der Waals surface area (Å²) >= 11 is 5.86. The number of hydrazone groups is 1. The van der Waals surface area contributed by atoms with Crippen molar-refractivity contribution in [2.75, 3.05) is 5.43 Å². The molecule has 0 bridgehead atoms. The van der Waals surface area contributed by atoms with E-state index in [-0.39, 0.29) is 11.5 Å². The molecule has 0 spiro atoms. The summed E-state index contributed by atoms with van der Waals surface area (Å²) in [6, 6.07) is 6.09. The molecule has 0 radical (unpaired) electrons. The van der Waals surface area contributed by atoms with Crippen molar-refractivity contribution in [3.8, 4) is 17.9 Å². The number of hydrogen-bond donors (Lipinski definition) is 2. The highest BCUT2D eigenvalue weighted by Crippen LogP contribution is 2.29. The van der Waals surface area contributed by atoms with Gasteiger partial charge in [-0.25, -0.2) is 0 Å². The van der Waals surface area contributed by atoms with Crippen LogP contribution in [0.4, 0.5) is 5.69 Å². The van der Waals surface area contributed by atoms with Gasteiger partial charge in [-0.15, -0.1) is 0 Å². The van der Waals surface area contributed by atoms with Crippen LogP contribution in [-0.2, 0) is 0 Å². The first-order valence-electron chi connectivity index (χ1n) is 4.21. The molecule has 0 fully saturated rings. The Hall–Kier alpha value is -2.24. The highest BCUT2D eigenvalue weighted by molar-refractivity contribution is 6.33. The van der Waals surface area contributed by atoms with Gasteiger partial charge < -0.3 is 5.11 Å². The van der Waals surface area contributed by atoms with Crippen molar-refractivity contribution in [1.82, 2.24) is 0 Å². The van der Waals surface area contributed by atoms with Gasteiger partial charge in [-0.05, 0) is 18.6 Å². The van der Waals surface area contributed by atoms with Crippen LogP contribution in [0.2, 0.25) is 5.02 Å². The average Bonchev–Trinajstić information content (AvgIpc) is 2.26. The van der Waals surface area contributed by atoms with Crippen molar-refractivity contribution in [3.63, 3.8) is 0 Å². The van der Waals surface area contributed by atoms with Crippen LogP contribution in [0.5, 0.6) is 5.75 Å². The zero-order chi connectivity index (χ0) is 12.1. The van der Waals surface area contributed by atoms with Gasteiger partial charge in [0.2, 0.25) is 5.71 Å². The van der Waals surface area contributed by atoms with Crippen LogP contribution in [0, 0.1) is 29.6 Å². The third kappa shape index (κ3) is 2.63. The minimum atomic E-state index is -0.323. The topological polar surface area (TPSA) is 92.2 Å². The summed E-state index contributed by atoms with van der Waals surface area (Å²) in [5, 5.41) is 30.2. The van der Waals surface area contributed by atoms with Crippen LogP contribution in [-0.4, -0.2) is 10.8 Å². The first kappa shape index (κ1) is 11.8. The van der Waals surface area contributed by atoms with Gasteiger partial charge in [-0.1, -0.05) is 11.6 Å². The monoisotopic (exact) mass is 234 g/mol. The van der Waals surface area contributed by atoms with Crippen LogP contribution < -0.4 is 5.43 Å². The highest BCUT2D eigenvalue weighted by atomic mass is 35.5. The molecule has 0 aliphatic carbocycles. The van der Waals surface area contributed by atoms with E-state index in [4.69, 9.17) is 22.1 Å². The van der Waals surface area contributed by atoms with Crippen LogP contribution in [0.3, 0.4) is 0 Å². The Balaban J connectivity index is 3.01. The molecule has 6 heteroatoms. The van der Waals surface area contributed by atoms with Gasteiger partial charge in [-0.3, -0.25) is 5.43 Å². The van der Waals surface area contributed by atoms with E-state index in [1.165, 1.54) is 6.07 Å². The number of nitrogens with one attached hydrogen (secondary N) is 1. The number of aromatic hydroxyl groups is 1. The molecule has 2 N–H and O–H groups in total. The molecule has 0 atom stereocenters. The van der Waals surface area contributed by atoms with Gasteiger partial charge in [0.25, 0.3) is 0 Å². The number of nitriles is 2. The van der Waals surface area contributed by atoms with E-state index >= 15 is 0 Å². The second-order valence-electron chi connectivity index (χ2n) is 2.91. The number of nitrogens with zero attached hydrogens (tertiary/aromatic N) is 3. The summed E-state index contributed by atoms with van der Waals surface area (Å²) in [4.78, 5) is 0. The third-order valence-corrected chi connectivity index (χ3v) is 2.10. The van der Waals surface area contributed by atoms with Gasteiger partial charge in [0, 0.05) is 6.07 Å². The second-order valence-corrected chi connectivity index (χ2v) is 3.32. The molecule has 0 aliphatic rings. The van der Waals surface area contributed by atoms with Crippen molar-refractivity contribution in [1.29, 1.82) is 10.5 Å². The summed E-state index contributed by atoms with van der Waals surface area (Å²) in [6.07, 6.45) is 0. The number of anilines is 1. The number of halogens is 1. The number of hydrogen-bond acceptors (Lipinski definition) is 5. The smallest absolute Gasteiger partial charge is 0.237 e. The highest BCUT2D eigenvalue weighted by Gasteiger charge is 2.04. The van der Waals surface area contributed by atoms with Crippen molar-refractivity contribution in [2.24, 2.45) is 5.10 Å². The minimum absolute atomic E-state index is 0.0533. The molecule has 0 saturated carbocycles. The first-order chi connectivity index (χ1) is 7.58. The average molecular weight is 235 g/mol. The fraction of sp³-hybridized carbons (Fsp3) is 0.100. The molecule has 1 aromatic carbocycles. The largest absolute Gasteiger partial charge is 0.508 e. The molecule has 0 unspecified atom stereocenters. The summed E-state index contributed by atoms with van der Waals surface area (Å²) < 4.78 is 0. The Labute approximate surface area is 97.2 Å². The second kappa shape index (κ2) is 5.01. The van der Waals surface area contributed by atoms with Crippen molar-refractivity contribution in [2.45, 2.75) is 6.92 Å². The molecule has 5 nitrogen and oxygen atoms in total. The van der Waals surface area contributed by atoms with Gasteiger partial charge in [0.1, 0.15) is 17.9 Å². The van der Waals surface area contributed by atoms with E-state index < -0.39 is 0 Å².